The first-order valence-corrected chi connectivity index (χ1v) is 11.3. The van der Waals surface area contributed by atoms with Gasteiger partial charge in [0.2, 0.25) is 15.7 Å². The molecule has 1 saturated heterocycles. The Morgan fingerprint density at radius 3 is 2.76 bits per heavy atom. The zero-order valence-electron chi connectivity index (χ0n) is 16.4. The van der Waals surface area contributed by atoms with E-state index < -0.39 is 15.7 Å². The van der Waals surface area contributed by atoms with Crippen molar-refractivity contribution in [3.63, 3.8) is 0 Å². The number of anilines is 2. The highest BCUT2D eigenvalue weighted by molar-refractivity contribution is 7.91. The molecular formula is C21H26FN3O3S. The van der Waals surface area contributed by atoms with Crippen molar-refractivity contribution in [1.29, 1.82) is 0 Å². The first-order chi connectivity index (χ1) is 13.9. The van der Waals surface area contributed by atoms with Crippen LogP contribution in [0.15, 0.2) is 52.3 Å². The van der Waals surface area contributed by atoms with Gasteiger partial charge < -0.3 is 15.5 Å². The molecule has 1 fully saturated rings. The minimum Gasteiger partial charge on any atom is -0.370 e. The van der Waals surface area contributed by atoms with Crippen LogP contribution in [0.3, 0.4) is 0 Å². The molecule has 0 bridgehead atoms. The van der Waals surface area contributed by atoms with Crippen molar-refractivity contribution < 1.29 is 17.6 Å². The highest BCUT2D eigenvalue weighted by Crippen LogP contribution is 2.32. The van der Waals surface area contributed by atoms with Crippen LogP contribution in [-0.4, -0.2) is 40.5 Å². The molecule has 2 aromatic carbocycles. The van der Waals surface area contributed by atoms with Crippen LogP contribution in [0.25, 0.3) is 0 Å². The zero-order chi connectivity index (χ0) is 20.9. The molecule has 0 unspecified atom stereocenters. The van der Waals surface area contributed by atoms with Crippen molar-refractivity contribution >= 4 is 27.1 Å². The molecule has 1 amide bonds. The van der Waals surface area contributed by atoms with Crippen molar-refractivity contribution in [2.24, 2.45) is 0 Å². The Morgan fingerprint density at radius 1 is 1.17 bits per heavy atom. The van der Waals surface area contributed by atoms with E-state index in [1.807, 2.05) is 6.92 Å². The molecular weight excluding hydrogens is 393 g/mol. The van der Waals surface area contributed by atoms with Crippen LogP contribution < -0.4 is 15.5 Å². The van der Waals surface area contributed by atoms with E-state index in [9.17, 15) is 17.6 Å². The van der Waals surface area contributed by atoms with Gasteiger partial charge in [-0.25, -0.2) is 12.8 Å². The van der Waals surface area contributed by atoms with Crippen LogP contribution in [0.1, 0.15) is 26.2 Å². The molecule has 1 heterocycles. The van der Waals surface area contributed by atoms with E-state index in [0.29, 0.717) is 6.42 Å². The van der Waals surface area contributed by atoms with Crippen molar-refractivity contribution in [2.75, 3.05) is 36.4 Å². The van der Waals surface area contributed by atoms with Crippen LogP contribution in [-0.2, 0) is 14.6 Å². The van der Waals surface area contributed by atoms with Crippen LogP contribution >= 0.6 is 0 Å². The Balaban J connectivity index is 2.04. The summed E-state index contributed by atoms with van der Waals surface area (Å²) in [7, 11) is -3.99. The maximum absolute atomic E-state index is 13.6. The van der Waals surface area contributed by atoms with Gasteiger partial charge in [0.15, 0.2) is 0 Å². The average molecular weight is 420 g/mol. The maximum Gasteiger partial charge on any atom is 0.224 e. The fraction of sp³-hybridized carbons (Fsp3) is 0.381. The lowest BCUT2D eigenvalue weighted by Crippen LogP contribution is -2.28. The Morgan fingerprint density at radius 2 is 2.00 bits per heavy atom. The smallest absolute Gasteiger partial charge is 0.224 e. The normalized spacial score (nSPS) is 15.0. The van der Waals surface area contributed by atoms with Gasteiger partial charge in [-0.1, -0.05) is 13.0 Å². The number of hydrogen-bond acceptors (Lipinski definition) is 5. The number of benzene rings is 2. The van der Waals surface area contributed by atoms with Crippen molar-refractivity contribution in [3.05, 3.63) is 48.3 Å². The number of rotatable bonds is 6. The lowest BCUT2D eigenvalue weighted by molar-refractivity contribution is -0.116. The number of nitrogens with zero attached hydrogens (tertiary/aromatic N) is 1. The zero-order valence-corrected chi connectivity index (χ0v) is 17.3. The predicted octanol–water partition coefficient (Wildman–Crippen LogP) is 3.20. The molecule has 0 aliphatic carbocycles. The Bertz CT molecular complexity index is 971. The average Bonchev–Trinajstić information content (AvgIpc) is 2.97. The SMILES string of the molecule is CCCC(=O)Nc1cc(N2CCCNCC2)ccc1S(=O)(=O)c1cccc(F)c1. The summed E-state index contributed by atoms with van der Waals surface area (Å²) < 4.78 is 39.9. The molecule has 1 aliphatic heterocycles. The standard InChI is InChI=1S/C21H26FN3O3S/c1-2-5-21(26)24-19-15-17(25-12-4-10-23-11-13-25)8-9-20(19)29(27,28)18-7-3-6-16(22)14-18/h3,6-9,14-15,23H,2,4-5,10-13H2,1H3,(H,24,26). The third-order valence-electron chi connectivity index (χ3n) is 4.82. The molecule has 2 N–H and O–H groups in total. The predicted molar refractivity (Wildman–Crippen MR) is 112 cm³/mol. The molecule has 6 nitrogen and oxygen atoms in total. The van der Waals surface area contributed by atoms with Gasteiger partial charge in [-0.3, -0.25) is 4.79 Å². The first-order valence-electron chi connectivity index (χ1n) is 9.82. The summed E-state index contributed by atoms with van der Waals surface area (Å²) >= 11 is 0. The van der Waals surface area contributed by atoms with E-state index in [2.05, 4.69) is 15.5 Å². The third-order valence-corrected chi connectivity index (χ3v) is 6.62. The van der Waals surface area contributed by atoms with Gasteiger partial charge in [0.05, 0.1) is 15.5 Å². The molecule has 0 saturated carbocycles. The molecule has 156 valence electrons. The summed E-state index contributed by atoms with van der Waals surface area (Å²) in [4.78, 5) is 14.2. The van der Waals surface area contributed by atoms with Gasteiger partial charge >= 0.3 is 0 Å². The number of carbonyl (C=O) groups excluding carboxylic acids is 1. The highest BCUT2D eigenvalue weighted by atomic mass is 32.2. The number of amides is 1. The summed E-state index contributed by atoms with van der Waals surface area (Å²) in [5.74, 6) is -0.880. The number of hydrogen-bond donors (Lipinski definition) is 2. The van der Waals surface area contributed by atoms with Gasteiger partial charge in [0.1, 0.15) is 5.82 Å². The molecule has 0 aromatic heterocycles. The van der Waals surface area contributed by atoms with Gasteiger partial charge in [0, 0.05) is 31.7 Å². The number of halogens is 1. The topological polar surface area (TPSA) is 78.5 Å². The number of carbonyl (C=O) groups is 1. The van der Waals surface area contributed by atoms with E-state index in [0.717, 1.165) is 44.4 Å². The summed E-state index contributed by atoms with van der Waals surface area (Å²) in [5.41, 5.74) is 1.07. The second kappa shape index (κ2) is 9.37. The summed E-state index contributed by atoms with van der Waals surface area (Å²) in [6.07, 6.45) is 1.91. The minimum atomic E-state index is -3.99. The van der Waals surface area contributed by atoms with Crippen LogP contribution in [0, 0.1) is 5.82 Å². The molecule has 0 spiro atoms. The fourth-order valence-electron chi connectivity index (χ4n) is 3.35. The maximum atomic E-state index is 13.6. The number of nitrogens with one attached hydrogen (secondary N) is 2. The van der Waals surface area contributed by atoms with E-state index in [4.69, 9.17) is 0 Å². The molecule has 3 rings (SSSR count). The quantitative estimate of drug-likeness (QED) is 0.752. The van der Waals surface area contributed by atoms with Gasteiger partial charge in [-0.2, -0.15) is 0 Å². The van der Waals surface area contributed by atoms with Gasteiger partial charge in [0.25, 0.3) is 0 Å². The molecule has 0 radical (unpaired) electrons. The molecule has 8 heteroatoms. The molecule has 0 atom stereocenters. The van der Waals surface area contributed by atoms with E-state index in [-0.39, 0.29) is 27.8 Å². The van der Waals surface area contributed by atoms with Crippen molar-refractivity contribution in [3.8, 4) is 0 Å². The monoisotopic (exact) mass is 419 g/mol. The first kappa shape index (κ1) is 21.3. The van der Waals surface area contributed by atoms with Crippen molar-refractivity contribution in [1.82, 2.24) is 5.32 Å². The van der Waals surface area contributed by atoms with E-state index >= 15 is 0 Å². The summed E-state index contributed by atoms with van der Waals surface area (Å²) in [6, 6.07) is 9.83. The van der Waals surface area contributed by atoms with E-state index in [1.165, 1.54) is 24.3 Å². The molecule has 29 heavy (non-hydrogen) atoms. The van der Waals surface area contributed by atoms with Crippen molar-refractivity contribution in [2.45, 2.75) is 36.0 Å². The van der Waals surface area contributed by atoms with Crippen LogP contribution in [0.2, 0.25) is 0 Å². The van der Waals surface area contributed by atoms with E-state index in [1.54, 1.807) is 12.1 Å². The Labute approximate surface area is 171 Å². The molecule has 2 aromatic rings. The van der Waals surface area contributed by atoms with Gasteiger partial charge in [-0.05, 0) is 55.8 Å². The van der Waals surface area contributed by atoms with Crippen LogP contribution in [0.4, 0.5) is 15.8 Å². The third kappa shape index (κ3) is 5.13. The van der Waals surface area contributed by atoms with Crippen LogP contribution in [0.5, 0.6) is 0 Å². The highest BCUT2D eigenvalue weighted by Gasteiger charge is 2.24. The lowest BCUT2D eigenvalue weighted by atomic mass is 10.2. The second-order valence-corrected chi connectivity index (χ2v) is 8.95. The summed E-state index contributed by atoms with van der Waals surface area (Å²) in [6.45, 7) is 5.28. The summed E-state index contributed by atoms with van der Waals surface area (Å²) in [5, 5.41) is 6.07. The Kier molecular flexibility index (Phi) is 6.87. The molecule has 1 aliphatic rings. The largest absolute Gasteiger partial charge is 0.370 e. The fourth-order valence-corrected chi connectivity index (χ4v) is 4.78. The second-order valence-electron chi connectivity index (χ2n) is 7.03. The lowest BCUT2D eigenvalue weighted by Gasteiger charge is -2.24. The van der Waals surface area contributed by atoms with Gasteiger partial charge in [-0.15, -0.1) is 0 Å². The Hall–Kier alpha value is -2.45. The minimum absolute atomic E-state index is 0.0377. The number of sulfone groups is 1.